The van der Waals surface area contributed by atoms with Gasteiger partial charge in [-0.05, 0) is 49.9 Å². The molecule has 0 aliphatic carbocycles. The van der Waals surface area contributed by atoms with Crippen LogP contribution in [0.4, 0.5) is 10.1 Å². The predicted octanol–water partition coefficient (Wildman–Crippen LogP) is 5.50. The highest BCUT2D eigenvalue weighted by Gasteiger charge is 2.27. The van der Waals surface area contributed by atoms with Crippen LogP contribution in [0, 0.1) is 11.3 Å². The van der Waals surface area contributed by atoms with Crippen molar-refractivity contribution in [2.75, 3.05) is 18.1 Å². The number of fused-ring (bicyclic) bond motifs is 1. The number of hydrogen-bond donors (Lipinski definition) is 0. The molecule has 4 rings (SSSR count). The number of nitriles is 1. The zero-order chi connectivity index (χ0) is 22.0. The summed E-state index contributed by atoms with van der Waals surface area (Å²) in [7, 11) is 0. The molecule has 1 heterocycles. The maximum atomic E-state index is 14.4. The molecule has 158 valence electrons. The largest absolute Gasteiger partial charge is 0.282 e. The molecule has 1 saturated heterocycles. The van der Waals surface area contributed by atoms with Gasteiger partial charge in [0.15, 0.2) is 0 Å². The van der Waals surface area contributed by atoms with Crippen molar-refractivity contribution in [2.45, 2.75) is 38.8 Å². The Morgan fingerprint density at radius 3 is 2.52 bits per heavy atom. The fourth-order valence-corrected chi connectivity index (χ4v) is 4.20. The van der Waals surface area contributed by atoms with Gasteiger partial charge in [0, 0.05) is 23.9 Å². The van der Waals surface area contributed by atoms with Crippen molar-refractivity contribution in [3.8, 4) is 6.07 Å². The van der Waals surface area contributed by atoms with Gasteiger partial charge in [-0.15, -0.1) is 0 Å². The fourth-order valence-electron chi connectivity index (χ4n) is 4.20. The first kappa shape index (κ1) is 20.9. The van der Waals surface area contributed by atoms with Gasteiger partial charge in [-0.2, -0.15) is 5.26 Å². The molecule has 0 aromatic heterocycles. The number of halogens is 1. The molecule has 3 aromatic rings. The molecule has 1 aliphatic heterocycles. The van der Waals surface area contributed by atoms with Gasteiger partial charge in [-0.25, -0.2) is 4.39 Å². The summed E-state index contributed by atoms with van der Waals surface area (Å²) in [5.41, 5.74) is 1.49. The molecular formula is C26H26FN3O. The molecule has 0 atom stereocenters. The maximum absolute atomic E-state index is 14.4. The third kappa shape index (κ3) is 4.25. The molecule has 0 N–H and O–H groups in total. The Balaban J connectivity index is 1.66. The summed E-state index contributed by atoms with van der Waals surface area (Å²) in [5, 5.41) is 15.2. The van der Waals surface area contributed by atoms with Crippen molar-refractivity contribution < 1.29 is 9.18 Å². The van der Waals surface area contributed by atoms with E-state index in [2.05, 4.69) is 6.07 Å². The molecule has 0 radical (unpaired) electrons. The first-order valence-electron chi connectivity index (χ1n) is 10.7. The first-order chi connectivity index (χ1) is 14.9. The van der Waals surface area contributed by atoms with Crippen LogP contribution in [0.3, 0.4) is 0 Å². The van der Waals surface area contributed by atoms with E-state index in [0.717, 1.165) is 41.4 Å². The number of nitrogens with zero attached hydrogens (tertiary/aromatic N) is 3. The second kappa shape index (κ2) is 8.39. The zero-order valence-corrected chi connectivity index (χ0v) is 17.9. The molecule has 1 aliphatic rings. The molecule has 31 heavy (non-hydrogen) atoms. The van der Waals surface area contributed by atoms with E-state index in [1.807, 2.05) is 52.5 Å². The average Bonchev–Trinajstić information content (AvgIpc) is 2.78. The molecule has 4 nitrogen and oxygen atoms in total. The number of amides is 1. The Kier molecular flexibility index (Phi) is 5.65. The number of alkyl halides is 1. The molecule has 0 saturated carbocycles. The van der Waals surface area contributed by atoms with E-state index in [9.17, 15) is 14.4 Å². The third-order valence-electron chi connectivity index (χ3n) is 5.84. The fraction of sp³-hybridized carbons (Fsp3) is 0.308. The lowest BCUT2D eigenvalue weighted by Crippen LogP contribution is -2.51. The first-order valence-corrected chi connectivity index (χ1v) is 10.7. The summed E-state index contributed by atoms with van der Waals surface area (Å²) in [5.74, 6) is -0.0121. The molecule has 0 spiro atoms. The Bertz CT molecular complexity index is 1160. The quantitative estimate of drug-likeness (QED) is 0.565. The van der Waals surface area contributed by atoms with E-state index in [4.69, 9.17) is 0 Å². The Labute approximate surface area is 182 Å². The van der Waals surface area contributed by atoms with Crippen LogP contribution in [0.25, 0.3) is 10.8 Å². The smallest absolute Gasteiger partial charge is 0.245 e. The highest BCUT2D eigenvalue weighted by Crippen LogP contribution is 2.32. The Hall–Kier alpha value is -3.39. The summed E-state index contributed by atoms with van der Waals surface area (Å²) >= 11 is 0. The van der Waals surface area contributed by atoms with Crippen LogP contribution < -0.4 is 5.01 Å². The summed E-state index contributed by atoms with van der Waals surface area (Å²) in [6.45, 7) is 4.42. The van der Waals surface area contributed by atoms with Crippen molar-refractivity contribution in [3.05, 3.63) is 77.4 Å². The normalized spacial score (nSPS) is 14.5. The molecule has 1 fully saturated rings. The van der Waals surface area contributed by atoms with Crippen LogP contribution in [-0.4, -0.2) is 24.0 Å². The van der Waals surface area contributed by atoms with Crippen LogP contribution >= 0.6 is 0 Å². The van der Waals surface area contributed by atoms with Gasteiger partial charge in [-0.3, -0.25) is 14.8 Å². The van der Waals surface area contributed by atoms with Crippen molar-refractivity contribution in [1.82, 2.24) is 5.01 Å². The summed E-state index contributed by atoms with van der Waals surface area (Å²) in [4.78, 5) is 13.3. The molecule has 5 heteroatoms. The van der Waals surface area contributed by atoms with Gasteiger partial charge in [-0.1, -0.05) is 48.5 Å². The Morgan fingerprint density at radius 1 is 1.03 bits per heavy atom. The highest BCUT2D eigenvalue weighted by atomic mass is 19.1. The van der Waals surface area contributed by atoms with E-state index < -0.39 is 5.67 Å². The monoisotopic (exact) mass is 415 g/mol. The summed E-state index contributed by atoms with van der Waals surface area (Å²) < 4.78 is 14.4. The minimum Gasteiger partial charge on any atom is -0.282 e. The minimum atomic E-state index is -1.45. The van der Waals surface area contributed by atoms with E-state index in [-0.39, 0.29) is 12.3 Å². The van der Waals surface area contributed by atoms with E-state index in [1.165, 1.54) is 13.8 Å². The molecule has 1 amide bonds. The van der Waals surface area contributed by atoms with Gasteiger partial charge in [0.1, 0.15) is 5.67 Å². The van der Waals surface area contributed by atoms with Crippen LogP contribution in [0.5, 0.6) is 0 Å². The van der Waals surface area contributed by atoms with Crippen LogP contribution in [0.1, 0.15) is 43.4 Å². The number of benzene rings is 3. The van der Waals surface area contributed by atoms with Crippen LogP contribution in [0.15, 0.2) is 60.7 Å². The number of carbonyl (C=O) groups is 1. The van der Waals surface area contributed by atoms with E-state index >= 15 is 0 Å². The van der Waals surface area contributed by atoms with E-state index in [0.29, 0.717) is 17.7 Å². The molecule has 0 bridgehead atoms. The second-order valence-electron chi connectivity index (χ2n) is 8.49. The number of carbonyl (C=O) groups excluding carboxylic acids is 1. The Morgan fingerprint density at radius 2 is 1.77 bits per heavy atom. The van der Waals surface area contributed by atoms with Crippen molar-refractivity contribution >= 4 is 22.4 Å². The van der Waals surface area contributed by atoms with Gasteiger partial charge in [0.25, 0.3) is 0 Å². The predicted molar refractivity (Wildman–Crippen MR) is 121 cm³/mol. The number of hydrazine groups is 1. The number of rotatable bonds is 4. The zero-order valence-electron chi connectivity index (χ0n) is 17.9. The van der Waals surface area contributed by atoms with Gasteiger partial charge >= 0.3 is 0 Å². The van der Waals surface area contributed by atoms with Gasteiger partial charge in [0.05, 0.1) is 23.7 Å². The lowest BCUT2D eigenvalue weighted by molar-refractivity contribution is -0.131. The van der Waals surface area contributed by atoms with Crippen molar-refractivity contribution in [2.24, 2.45) is 0 Å². The van der Waals surface area contributed by atoms with Crippen molar-refractivity contribution in [3.63, 3.8) is 0 Å². The molecule has 0 unspecified atom stereocenters. The molecular weight excluding hydrogens is 389 g/mol. The van der Waals surface area contributed by atoms with Gasteiger partial charge in [0.2, 0.25) is 5.91 Å². The molecule has 3 aromatic carbocycles. The maximum Gasteiger partial charge on any atom is 0.245 e. The lowest BCUT2D eigenvalue weighted by Gasteiger charge is -2.41. The van der Waals surface area contributed by atoms with E-state index in [1.54, 1.807) is 18.2 Å². The van der Waals surface area contributed by atoms with Crippen LogP contribution in [-0.2, 0) is 16.9 Å². The SMILES string of the molecule is CC(C)(F)c1cccc(CC(=O)N2CCCCN2c2ccc(C#N)c3ccccc23)c1. The second-order valence-corrected chi connectivity index (χ2v) is 8.49. The van der Waals surface area contributed by atoms with Gasteiger partial charge < -0.3 is 0 Å². The lowest BCUT2D eigenvalue weighted by atomic mass is 9.97. The highest BCUT2D eigenvalue weighted by molar-refractivity contribution is 5.98. The number of anilines is 1. The van der Waals surface area contributed by atoms with Crippen molar-refractivity contribution in [1.29, 1.82) is 5.26 Å². The third-order valence-corrected chi connectivity index (χ3v) is 5.84. The van der Waals surface area contributed by atoms with Crippen LogP contribution in [0.2, 0.25) is 0 Å². The summed E-state index contributed by atoms with van der Waals surface area (Å²) in [6.07, 6.45) is 2.15. The standard InChI is InChI=1S/C26H26FN3O/c1-26(2,27)21-9-7-8-19(16-21)17-25(31)30-15-6-5-14-29(30)24-13-12-20(18-28)22-10-3-4-11-23(22)24/h3-4,7-13,16H,5-6,14-15,17H2,1-2H3. The minimum absolute atomic E-state index is 0.0121. The topological polar surface area (TPSA) is 47.3 Å². The number of hydrogen-bond acceptors (Lipinski definition) is 3. The average molecular weight is 416 g/mol. The summed E-state index contributed by atoms with van der Waals surface area (Å²) in [6, 6.07) is 21.0.